The molecule has 0 bridgehead atoms. The summed E-state index contributed by atoms with van der Waals surface area (Å²) < 4.78 is 5.55. The molecule has 1 heterocycles. The number of rotatable bonds is 4. The van der Waals surface area contributed by atoms with Gasteiger partial charge in [0.15, 0.2) is 0 Å². The summed E-state index contributed by atoms with van der Waals surface area (Å²) in [6, 6.07) is 1.39. The van der Waals surface area contributed by atoms with Crippen molar-refractivity contribution in [2.45, 2.75) is 13.0 Å². The van der Waals surface area contributed by atoms with Crippen LogP contribution >= 0.6 is 15.9 Å². The minimum atomic E-state index is -0.454. The molecule has 1 unspecified atom stereocenters. The van der Waals surface area contributed by atoms with Crippen molar-refractivity contribution in [3.8, 4) is 0 Å². The van der Waals surface area contributed by atoms with Crippen LogP contribution in [0.4, 0.5) is 0 Å². The van der Waals surface area contributed by atoms with Crippen molar-refractivity contribution in [1.29, 1.82) is 0 Å². The Balaban J connectivity index is 2.93. The number of nitrogens with one attached hydrogen (secondary N) is 1. The highest BCUT2D eigenvalue weighted by Gasteiger charge is 2.20. The summed E-state index contributed by atoms with van der Waals surface area (Å²) in [6.07, 6.45) is 3.32. The molecule has 0 aliphatic rings. The third-order valence-corrected chi connectivity index (χ3v) is 2.34. The maximum absolute atomic E-state index is 11.5. The number of hydrogen-bond donors (Lipinski definition) is 1. The van der Waals surface area contributed by atoms with Crippen molar-refractivity contribution in [1.82, 2.24) is 10.3 Å². The highest BCUT2D eigenvalue weighted by molar-refractivity contribution is 9.10. The first kappa shape index (κ1) is 12.1. The first-order chi connectivity index (χ1) is 7.19. The molecular formula is C10H13BrN2O2. The molecular weight excluding hydrogens is 260 g/mol. The fourth-order valence-corrected chi connectivity index (χ4v) is 1.63. The van der Waals surface area contributed by atoms with E-state index in [4.69, 9.17) is 4.74 Å². The van der Waals surface area contributed by atoms with Gasteiger partial charge in [0.05, 0.1) is 7.11 Å². The van der Waals surface area contributed by atoms with Crippen molar-refractivity contribution in [3.05, 3.63) is 28.5 Å². The van der Waals surface area contributed by atoms with Crippen LogP contribution in [0.2, 0.25) is 0 Å². The Hall–Kier alpha value is -0.940. The quantitative estimate of drug-likeness (QED) is 0.848. The van der Waals surface area contributed by atoms with Gasteiger partial charge in [-0.25, -0.2) is 4.79 Å². The Bertz CT molecular complexity index is 344. The molecule has 15 heavy (non-hydrogen) atoms. The fraction of sp³-hybridized carbons (Fsp3) is 0.400. The molecule has 0 aliphatic carbocycles. The largest absolute Gasteiger partial charge is 0.468 e. The monoisotopic (exact) mass is 272 g/mol. The van der Waals surface area contributed by atoms with Crippen molar-refractivity contribution in [3.63, 3.8) is 0 Å². The molecule has 1 aromatic heterocycles. The molecule has 0 aliphatic heterocycles. The van der Waals surface area contributed by atoms with Gasteiger partial charge in [0.25, 0.3) is 0 Å². The maximum Gasteiger partial charge on any atom is 0.327 e. The standard InChI is InChI=1S/C10H13BrN2O2/c1-3-13-9(10(14)15-2)7-4-8(11)6-12-5-7/h4-6,9,13H,3H2,1-2H3. The Kier molecular flexibility index (Phi) is 4.71. The Morgan fingerprint density at radius 1 is 1.67 bits per heavy atom. The molecule has 0 saturated carbocycles. The van der Waals surface area contributed by atoms with E-state index in [0.29, 0.717) is 6.54 Å². The number of nitrogens with zero attached hydrogens (tertiary/aromatic N) is 1. The molecule has 0 amide bonds. The second-order valence-corrected chi connectivity index (χ2v) is 3.87. The number of aromatic nitrogens is 1. The minimum Gasteiger partial charge on any atom is -0.468 e. The van der Waals surface area contributed by atoms with Gasteiger partial charge in [-0.15, -0.1) is 0 Å². The van der Waals surface area contributed by atoms with Crippen LogP contribution in [0.3, 0.4) is 0 Å². The first-order valence-corrected chi connectivity index (χ1v) is 5.40. The second-order valence-electron chi connectivity index (χ2n) is 2.95. The highest BCUT2D eigenvalue weighted by atomic mass is 79.9. The van der Waals surface area contributed by atoms with E-state index in [1.165, 1.54) is 7.11 Å². The lowest BCUT2D eigenvalue weighted by atomic mass is 10.1. The van der Waals surface area contributed by atoms with Crippen LogP contribution in [0.5, 0.6) is 0 Å². The van der Waals surface area contributed by atoms with Crippen LogP contribution in [-0.2, 0) is 9.53 Å². The highest BCUT2D eigenvalue weighted by Crippen LogP contribution is 2.17. The lowest BCUT2D eigenvalue weighted by Gasteiger charge is -2.15. The molecule has 5 heteroatoms. The zero-order chi connectivity index (χ0) is 11.3. The molecule has 82 valence electrons. The molecule has 0 spiro atoms. The number of esters is 1. The molecule has 0 aromatic carbocycles. The molecule has 1 aromatic rings. The predicted octanol–water partition coefficient (Wildman–Crippen LogP) is 1.67. The Labute approximate surface area is 97.2 Å². The lowest BCUT2D eigenvalue weighted by Crippen LogP contribution is -2.29. The first-order valence-electron chi connectivity index (χ1n) is 4.60. The minimum absolute atomic E-state index is 0.309. The van der Waals surface area contributed by atoms with Gasteiger partial charge in [-0.05, 0) is 34.1 Å². The van der Waals surface area contributed by atoms with E-state index in [9.17, 15) is 4.79 Å². The summed E-state index contributed by atoms with van der Waals surface area (Å²) in [5.41, 5.74) is 0.790. The van der Waals surface area contributed by atoms with Crippen molar-refractivity contribution >= 4 is 21.9 Å². The van der Waals surface area contributed by atoms with E-state index in [1.54, 1.807) is 12.4 Å². The van der Waals surface area contributed by atoms with Crippen LogP contribution < -0.4 is 5.32 Å². The summed E-state index contributed by atoms with van der Waals surface area (Å²) in [4.78, 5) is 15.5. The molecule has 1 atom stereocenters. The van der Waals surface area contributed by atoms with Gasteiger partial charge < -0.3 is 10.1 Å². The number of likely N-dealkylation sites (N-methyl/N-ethyl adjacent to an activating group) is 1. The molecule has 0 saturated heterocycles. The summed E-state index contributed by atoms with van der Waals surface area (Å²) >= 11 is 3.31. The van der Waals surface area contributed by atoms with Gasteiger partial charge in [-0.2, -0.15) is 0 Å². The van der Waals surface area contributed by atoms with Crippen molar-refractivity contribution in [2.24, 2.45) is 0 Å². The van der Waals surface area contributed by atoms with Gasteiger partial charge in [-0.3, -0.25) is 4.98 Å². The van der Waals surface area contributed by atoms with Gasteiger partial charge in [-0.1, -0.05) is 6.92 Å². The van der Waals surface area contributed by atoms with E-state index >= 15 is 0 Å². The lowest BCUT2D eigenvalue weighted by molar-refractivity contribution is -0.143. The topological polar surface area (TPSA) is 51.2 Å². The summed E-state index contributed by atoms with van der Waals surface area (Å²) in [7, 11) is 1.37. The summed E-state index contributed by atoms with van der Waals surface area (Å²) in [6.45, 7) is 2.62. The molecule has 0 fully saturated rings. The average Bonchev–Trinajstić information content (AvgIpc) is 2.25. The van der Waals surface area contributed by atoms with Crippen LogP contribution in [0, 0.1) is 0 Å². The zero-order valence-electron chi connectivity index (χ0n) is 8.66. The van der Waals surface area contributed by atoms with Crippen LogP contribution in [-0.4, -0.2) is 24.6 Å². The molecule has 0 radical (unpaired) electrons. The van der Waals surface area contributed by atoms with Crippen LogP contribution in [0.1, 0.15) is 18.5 Å². The van der Waals surface area contributed by atoms with E-state index < -0.39 is 6.04 Å². The fourth-order valence-electron chi connectivity index (χ4n) is 1.25. The van der Waals surface area contributed by atoms with Gasteiger partial charge >= 0.3 is 5.97 Å². The average molecular weight is 273 g/mol. The number of carbonyl (C=O) groups is 1. The third kappa shape index (κ3) is 3.28. The van der Waals surface area contributed by atoms with Gasteiger partial charge in [0, 0.05) is 16.9 Å². The number of methoxy groups -OCH3 is 1. The normalized spacial score (nSPS) is 12.2. The van der Waals surface area contributed by atoms with E-state index in [0.717, 1.165) is 10.0 Å². The van der Waals surface area contributed by atoms with Crippen LogP contribution in [0.25, 0.3) is 0 Å². The SMILES string of the molecule is CCNC(C(=O)OC)c1cncc(Br)c1. The maximum atomic E-state index is 11.5. The second kappa shape index (κ2) is 5.82. The predicted molar refractivity (Wildman–Crippen MR) is 60.4 cm³/mol. The van der Waals surface area contributed by atoms with E-state index in [-0.39, 0.29) is 5.97 Å². The van der Waals surface area contributed by atoms with Crippen molar-refractivity contribution < 1.29 is 9.53 Å². The van der Waals surface area contributed by atoms with E-state index in [1.807, 2.05) is 13.0 Å². The summed E-state index contributed by atoms with van der Waals surface area (Å²) in [5, 5.41) is 3.04. The summed E-state index contributed by atoms with van der Waals surface area (Å²) in [5.74, 6) is -0.309. The number of carbonyl (C=O) groups excluding carboxylic acids is 1. The van der Waals surface area contributed by atoms with Gasteiger partial charge in [0.2, 0.25) is 0 Å². The smallest absolute Gasteiger partial charge is 0.327 e. The third-order valence-electron chi connectivity index (χ3n) is 1.90. The molecule has 1 rings (SSSR count). The van der Waals surface area contributed by atoms with E-state index in [2.05, 4.69) is 26.2 Å². The number of halogens is 1. The number of ether oxygens (including phenoxy) is 1. The number of hydrogen-bond acceptors (Lipinski definition) is 4. The van der Waals surface area contributed by atoms with Gasteiger partial charge in [0.1, 0.15) is 6.04 Å². The molecule has 1 N–H and O–H groups in total. The zero-order valence-corrected chi connectivity index (χ0v) is 10.2. The molecule has 4 nitrogen and oxygen atoms in total. The van der Waals surface area contributed by atoms with Crippen molar-refractivity contribution in [2.75, 3.05) is 13.7 Å². The Morgan fingerprint density at radius 3 is 2.93 bits per heavy atom. The van der Waals surface area contributed by atoms with Crippen LogP contribution in [0.15, 0.2) is 22.9 Å². The number of pyridine rings is 1. The Morgan fingerprint density at radius 2 is 2.40 bits per heavy atom.